The number of carbonyl (C=O) groups is 1. The molecule has 0 atom stereocenters. The van der Waals surface area contributed by atoms with E-state index in [9.17, 15) is 9.59 Å². The quantitative estimate of drug-likeness (QED) is 0.781. The summed E-state index contributed by atoms with van der Waals surface area (Å²) in [6.07, 6.45) is 2.29. The van der Waals surface area contributed by atoms with Crippen molar-refractivity contribution in [3.8, 4) is 0 Å². The molecular weight excluding hydrogens is 334 g/mol. The van der Waals surface area contributed by atoms with Gasteiger partial charge in [0.15, 0.2) is 0 Å². The largest absolute Gasteiger partial charge is 0.299 e. The van der Waals surface area contributed by atoms with E-state index in [0.717, 1.165) is 11.4 Å². The third-order valence-corrected chi connectivity index (χ3v) is 5.64. The van der Waals surface area contributed by atoms with E-state index in [1.165, 1.54) is 33.6 Å². The van der Waals surface area contributed by atoms with Crippen molar-refractivity contribution in [2.24, 2.45) is 0 Å². The van der Waals surface area contributed by atoms with Gasteiger partial charge in [-0.2, -0.15) is 0 Å². The van der Waals surface area contributed by atoms with Gasteiger partial charge in [-0.25, -0.2) is 4.98 Å². The molecule has 3 heterocycles. The van der Waals surface area contributed by atoms with E-state index in [4.69, 9.17) is 0 Å². The van der Waals surface area contributed by atoms with Crippen LogP contribution in [-0.4, -0.2) is 25.7 Å². The molecular formula is C14H15N5O2S2. The maximum Gasteiger partial charge on any atom is 0.267 e. The Morgan fingerprint density at radius 1 is 1.30 bits per heavy atom. The molecule has 1 N–H and O–H groups in total. The molecule has 0 spiro atoms. The maximum absolute atomic E-state index is 12.5. The second-order valence-electron chi connectivity index (χ2n) is 4.88. The number of nitrogens with zero attached hydrogens (tertiary/aromatic N) is 4. The van der Waals surface area contributed by atoms with Crippen LogP contribution < -0.4 is 10.9 Å². The topological polar surface area (TPSA) is 89.8 Å². The van der Waals surface area contributed by atoms with Crippen molar-refractivity contribution in [2.75, 3.05) is 5.32 Å². The van der Waals surface area contributed by atoms with Crippen molar-refractivity contribution in [2.45, 2.75) is 33.7 Å². The minimum atomic E-state index is -0.285. The first-order chi connectivity index (χ1) is 11.0. The smallest absolute Gasteiger partial charge is 0.267 e. The van der Waals surface area contributed by atoms with Crippen LogP contribution in [0, 0.1) is 6.92 Å². The standard InChI is InChI=1S/C14H15N5O2S2/c1-4-8-17-18-14(22-8)16-11(20)10-7(3)9-12(23-10)15-6-19(5-2)13(9)21/h6H,4-5H2,1-3H3,(H,16,18,20). The van der Waals surface area contributed by atoms with Crippen LogP contribution in [-0.2, 0) is 13.0 Å². The minimum absolute atomic E-state index is 0.116. The molecule has 120 valence electrons. The van der Waals surface area contributed by atoms with Gasteiger partial charge in [-0.15, -0.1) is 21.5 Å². The van der Waals surface area contributed by atoms with Gasteiger partial charge < -0.3 is 0 Å². The van der Waals surface area contributed by atoms with E-state index in [1.807, 2.05) is 13.8 Å². The van der Waals surface area contributed by atoms with Gasteiger partial charge in [0, 0.05) is 6.54 Å². The molecule has 7 nitrogen and oxygen atoms in total. The van der Waals surface area contributed by atoms with Gasteiger partial charge in [-0.1, -0.05) is 18.3 Å². The Bertz CT molecular complexity index is 940. The predicted octanol–water partition coefficient (Wildman–Crippen LogP) is 2.45. The molecule has 0 unspecified atom stereocenters. The Labute approximate surface area is 140 Å². The summed E-state index contributed by atoms with van der Waals surface area (Å²) >= 11 is 2.56. The highest BCUT2D eigenvalue weighted by molar-refractivity contribution is 7.21. The highest BCUT2D eigenvalue weighted by atomic mass is 32.1. The molecule has 0 aliphatic heterocycles. The molecule has 1 amide bonds. The number of aromatic nitrogens is 4. The Hall–Kier alpha value is -2.13. The molecule has 3 rings (SSSR count). The minimum Gasteiger partial charge on any atom is -0.299 e. The van der Waals surface area contributed by atoms with Crippen LogP contribution in [0.3, 0.4) is 0 Å². The Kier molecular flexibility index (Phi) is 4.22. The average molecular weight is 349 g/mol. The van der Waals surface area contributed by atoms with Gasteiger partial charge >= 0.3 is 0 Å². The average Bonchev–Trinajstić information content (AvgIpc) is 3.12. The van der Waals surface area contributed by atoms with Gasteiger partial charge in [0.1, 0.15) is 9.84 Å². The third kappa shape index (κ3) is 2.77. The highest BCUT2D eigenvalue weighted by Gasteiger charge is 2.20. The number of fused-ring (bicyclic) bond motifs is 1. The summed E-state index contributed by atoms with van der Waals surface area (Å²) in [6.45, 7) is 6.18. The zero-order chi connectivity index (χ0) is 16.6. The van der Waals surface area contributed by atoms with Gasteiger partial charge in [0.2, 0.25) is 5.13 Å². The lowest BCUT2D eigenvalue weighted by atomic mass is 10.2. The number of hydrogen-bond acceptors (Lipinski definition) is 7. The molecule has 0 saturated heterocycles. The molecule has 0 bridgehead atoms. The van der Waals surface area contributed by atoms with Crippen molar-refractivity contribution >= 4 is 43.9 Å². The molecule has 0 saturated carbocycles. The fraction of sp³-hybridized carbons (Fsp3) is 0.357. The molecule has 9 heteroatoms. The SMILES string of the molecule is CCc1nnc(NC(=O)c2sc3ncn(CC)c(=O)c3c2C)s1. The fourth-order valence-corrected chi connectivity index (χ4v) is 3.91. The lowest BCUT2D eigenvalue weighted by Crippen LogP contribution is -2.19. The van der Waals surface area contributed by atoms with Gasteiger partial charge in [0.25, 0.3) is 11.5 Å². The summed E-state index contributed by atoms with van der Waals surface area (Å²) < 4.78 is 1.53. The van der Waals surface area contributed by atoms with Crippen molar-refractivity contribution < 1.29 is 4.79 Å². The maximum atomic E-state index is 12.5. The summed E-state index contributed by atoms with van der Waals surface area (Å²) in [5, 5.41) is 12.5. The normalized spacial score (nSPS) is 11.1. The van der Waals surface area contributed by atoms with E-state index in [1.54, 1.807) is 6.92 Å². The fourth-order valence-electron chi connectivity index (χ4n) is 2.20. The Morgan fingerprint density at radius 3 is 2.74 bits per heavy atom. The first kappa shape index (κ1) is 15.8. The molecule has 23 heavy (non-hydrogen) atoms. The Morgan fingerprint density at radius 2 is 2.09 bits per heavy atom. The lowest BCUT2D eigenvalue weighted by molar-refractivity contribution is 0.103. The zero-order valence-corrected chi connectivity index (χ0v) is 14.5. The zero-order valence-electron chi connectivity index (χ0n) is 12.9. The molecule has 0 aliphatic carbocycles. The van der Waals surface area contributed by atoms with Crippen LogP contribution >= 0.6 is 22.7 Å². The number of hydrogen-bond donors (Lipinski definition) is 1. The van der Waals surface area contributed by atoms with Crippen LogP contribution in [0.15, 0.2) is 11.1 Å². The third-order valence-electron chi connectivity index (χ3n) is 3.45. The predicted molar refractivity (Wildman–Crippen MR) is 91.5 cm³/mol. The number of carbonyl (C=O) groups excluding carboxylic acids is 1. The number of anilines is 1. The Balaban J connectivity index is 1.99. The summed E-state index contributed by atoms with van der Waals surface area (Å²) in [6, 6.07) is 0. The van der Waals surface area contributed by atoms with E-state index in [-0.39, 0.29) is 11.5 Å². The van der Waals surface area contributed by atoms with Gasteiger partial charge in [-0.3, -0.25) is 19.5 Å². The molecule has 3 aromatic heterocycles. The first-order valence-corrected chi connectivity index (χ1v) is 8.80. The molecule has 0 fully saturated rings. The number of nitrogens with one attached hydrogen (secondary N) is 1. The monoisotopic (exact) mass is 349 g/mol. The van der Waals surface area contributed by atoms with Crippen LogP contribution in [0.1, 0.15) is 34.1 Å². The van der Waals surface area contributed by atoms with Crippen molar-refractivity contribution in [3.63, 3.8) is 0 Å². The lowest BCUT2D eigenvalue weighted by Gasteiger charge is -2.00. The number of aryl methyl sites for hydroxylation is 3. The van der Waals surface area contributed by atoms with Crippen LogP contribution in [0.5, 0.6) is 0 Å². The van der Waals surface area contributed by atoms with Crippen LogP contribution in [0.2, 0.25) is 0 Å². The van der Waals surface area contributed by atoms with E-state index in [0.29, 0.717) is 32.3 Å². The summed E-state index contributed by atoms with van der Waals surface area (Å²) in [5.74, 6) is -0.285. The summed E-state index contributed by atoms with van der Waals surface area (Å²) in [5.41, 5.74) is 0.539. The van der Waals surface area contributed by atoms with Crippen molar-refractivity contribution in [1.82, 2.24) is 19.7 Å². The van der Waals surface area contributed by atoms with E-state index < -0.39 is 0 Å². The second kappa shape index (κ2) is 6.17. The second-order valence-corrected chi connectivity index (χ2v) is 6.94. The van der Waals surface area contributed by atoms with Gasteiger partial charge in [0.05, 0.1) is 16.6 Å². The van der Waals surface area contributed by atoms with Crippen LogP contribution in [0.25, 0.3) is 10.2 Å². The number of thiophene rings is 1. The van der Waals surface area contributed by atoms with Crippen molar-refractivity contribution in [1.29, 1.82) is 0 Å². The summed E-state index contributed by atoms with van der Waals surface area (Å²) in [7, 11) is 0. The molecule has 3 aromatic rings. The number of rotatable bonds is 4. The number of amides is 1. The molecule has 0 aliphatic rings. The van der Waals surface area contributed by atoms with Crippen LogP contribution in [0.4, 0.5) is 5.13 Å². The molecule has 0 aromatic carbocycles. The summed E-state index contributed by atoms with van der Waals surface area (Å²) in [4.78, 5) is 30.2. The van der Waals surface area contributed by atoms with E-state index in [2.05, 4.69) is 20.5 Å². The highest BCUT2D eigenvalue weighted by Crippen LogP contribution is 2.28. The molecule has 0 radical (unpaired) electrons. The van der Waals surface area contributed by atoms with E-state index >= 15 is 0 Å². The van der Waals surface area contributed by atoms with Gasteiger partial charge in [-0.05, 0) is 25.8 Å². The van der Waals surface area contributed by atoms with Crippen molar-refractivity contribution in [3.05, 3.63) is 32.1 Å². The first-order valence-electron chi connectivity index (χ1n) is 7.17.